The van der Waals surface area contributed by atoms with Crippen molar-refractivity contribution in [1.82, 2.24) is 4.98 Å². The Bertz CT molecular complexity index is 637. The van der Waals surface area contributed by atoms with E-state index in [4.69, 9.17) is 0 Å². The molecule has 5 heteroatoms. The first-order valence-electron chi connectivity index (χ1n) is 6.58. The molecule has 0 atom stereocenters. The molecule has 2 aromatic rings. The second-order valence-electron chi connectivity index (χ2n) is 4.43. The highest BCUT2D eigenvalue weighted by atomic mass is 32.2. The van der Waals surface area contributed by atoms with Gasteiger partial charge in [0.05, 0.1) is 10.6 Å². The van der Waals surface area contributed by atoms with Gasteiger partial charge in [0.2, 0.25) is 0 Å². The molecule has 0 amide bonds. The topological polar surface area (TPSA) is 59.1 Å². The molecule has 1 aromatic carbocycles. The molecule has 106 valence electrons. The Hall–Kier alpha value is -1.88. The summed E-state index contributed by atoms with van der Waals surface area (Å²) in [6, 6.07) is 12.7. The zero-order valence-electron chi connectivity index (χ0n) is 11.4. The van der Waals surface area contributed by atoms with Crippen LogP contribution < -0.4 is 5.32 Å². The third kappa shape index (κ3) is 3.81. The number of hydrogen-bond acceptors (Lipinski definition) is 4. The monoisotopic (exact) mass is 290 g/mol. The molecule has 20 heavy (non-hydrogen) atoms. The highest BCUT2D eigenvalue weighted by Crippen LogP contribution is 2.15. The molecule has 0 fully saturated rings. The van der Waals surface area contributed by atoms with E-state index in [-0.39, 0.29) is 5.75 Å². The highest BCUT2D eigenvalue weighted by molar-refractivity contribution is 7.91. The van der Waals surface area contributed by atoms with Crippen LogP contribution in [-0.4, -0.2) is 25.7 Å². The lowest BCUT2D eigenvalue weighted by atomic mass is 10.2. The Morgan fingerprint density at radius 1 is 1.10 bits per heavy atom. The normalized spacial score (nSPS) is 11.2. The molecular formula is C15H18N2O2S. The van der Waals surface area contributed by atoms with Gasteiger partial charge in [0.15, 0.2) is 9.84 Å². The second-order valence-corrected chi connectivity index (χ2v) is 6.70. The van der Waals surface area contributed by atoms with Crippen LogP contribution in [0, 0.1) is 0 Å². The van der Waals surface area contributed by atoms with Crippen LogP contribution in [0.1, 0.15) is 12.6 Å². The molecule has 1 heterocycles. The van der Waals surface area contributed by atoms with Crippen molar-refractivity contribution in [1.29, 1.82) is 0 Å². The molecule has 0 aliphatic carbocycles. The van der Waals surface area contributed by atoms with E-state index in [1.165, 1.54) is 0 Å². The first kappa shape index (κ1) is 14.5. The summed E-state index contributed by atoms with van der Waals surface area (Å²) < 4.78 is 23.4. The number of pyridine rings is 1. The van der Waals surface area contributed by atoms with Gasteiger partial charge in [-0.25, -0.2) is 8.42 Å². The van der Waals surface area contributed by atoms with Crippen molar-refractivity contribution < 1.29 is 8.42 Å². The van der Waals surface area contributed by atoms with Crippen LogP contribution in [-0.2, 0) is 16.3 Å². The first-order chi connectivity index (χ1) is 9.62. The zero-order valence-corrected chi connectivity index (χ0v) is 12.2. The lowest BCUT2D eigenvalue weighted by Gasteiger charge is -2.07. The average molecular weight is 290 g/mol. The van der Waals surface area contributed by atoms with Crippen molar-refractivity contribution >= 4 is 15.5 Å². The van der Waals surface area contributed by atoms with Crippen LogP contribution in [0.2, 0.25) is 0 Å². The maximum Gasteiger partial charge on any atom is 0.178 e. The first-order valence-corrected chi connectivity index (χ1v) is 8.23. The van der Waals surface area contributed by atoms with E-state index in [0.29, 0.717) is 4.90 Å². The molecule has 1 N–H and O–H groups in total. The summed E-state index contributed by atoms with van der Waals surface area (Å²) in [5, 5.41) is 3.25. The molecule has 0 radical (unpaired) electrons. The summed E-state index contributed by atoms with van der Waals surface area (Å²) in [4.78, 5) is 4.62. The third-order valence-electron chi connectivity index (χ3n) is 3.03. The number of benzene rings is 1. The number of rotatable bonds is 6. The lowest BCUT2D eigenvalue weighted by Crippen LogP contribution is -2.07. The average Bonchev–Trinajstić information content (AvgIpc) is 2.49. The van der Waals surface area contributed by atoms with Gasteiger partial charge in [-0.2, -0.15) is 0 Å². The summed E-state index contributed by atoms with van der Waals surface area (Å²) in [5.41, 5.74) is 1.95. The number of nitrogens with zero attached hydrogens (tertiary/aromatic N) is 1. The van der Waals surface area contributed by atoms with Crippen LogP contribution in [0.3, 0.4) is 0 Å². The SMILES string of the molecule is CCS(=O)(=O)c1ccc(NCCc2ccccn2)cc1. The molecule has 0 saturated carbocycles. The number of aromatic nitrogens is 1. The van der Waals surface area contributed by atoms with Crippen molar-refractivity contribution in [3.05, 3.63) is 54.4 Å². The Morgan fingerprint density at radius 2 is 1.85 bits per heavy atom. The van der Waals surface area contributed by atoms with Gasteiger partial charge in [-0.15, -0.1) is 0 Å². The summed E-state index contributed by atoms with van der Waals surface area (Å²) in [5.74, 6) is 0.124. The van der Waals surface area contributed by atoms with E-state index in [1.54, 1.807) is 37.4 Å². The molecule has 4 nitrogen and oxygen atoms in total. The standard InChI is InChI=1S/C15H18N2O2S/c1-2-20(18,19)15-8-6-14(7-9-15)17-12-10-13-5-3-4-11-16-13/h3-9,11,17H,2,10,12H2,1H3. The van der Waals surface area contributed by atoms with E-state index in [9.17, 15) is 8.42 Å². The summed E-state index contributed by atoms with van der Waals surface area (Å²) >= 11 is 0. The van der Waals surface area contributed by atoms with Gasteiger partial charge in [-0.1, -0.05) is 13.0 Å². The highest BCUT2D eigenvalue weighted by Gasteiger charge is 2.10. The fourth-order valence-corrected chi connectivity index (χ4v) is 2.71. The van der Waals surface area contributed by atoms with E-state index in [2.05, 4.69) is 10.3 Å². The Morgan fingerprint density at radius 3 is 2.45 bits per heavy atom. The van der Waals surface area contributed by atoms with Gasteiger partial charge in [0.1, 0.15) is 0 Å². The number of sulfone groups is 1. The molecular weight excluding hydrogens is 272 g/mol. The molecule has 1 aromatic heterocycles. The Labute approximate surface area is 119 Å². The van der Waals surface area contributed by atoms with Crippen molar-refractivity contribution in [2.75, 3.05) is 17.6 Å². The maximum absolute atomic E-state index is 11.7. The molecule has 0 aliphatic heterocycles. The minimum atomic E-state index is -3.12. The van der Waals surface area contributed by atoms with E-state index in [1.807, 2.05) is 18.2 Å². The lowest BCUT2D eigenvalue weighted by molar-refractivity contribution is 0.597. The number of nitrogens with one attached hydrogen (secondary N) is 1. The predicted molar refractivity (Wildman–Crippen MR) is 80.6 cm³/mol. The minimum absolute atomic E-state index is 0.124. The molecule has 0 spiro atoms. The van der Waals surface area contributed by atoms with Gasteiger partial charge in [0.25, 0.3) is 0 Å². The summed E-state index contributed by atoms with van der Waals surface area (Å²) in [7, 11) is -3.12. The van der Waals surface area contributed by atoms with E-state index < -0.39 is 9.84 Å². The van der Waals surface area contributed by atoms with Crippen LogP contribution in [0.25, 0.3) is 0 Å². The van der Waals surface area contributed by atoms with Crippen molar-refractivity contribution in [2.45, 2.75) is 18.2 Å². The van der Waals surface area contributed by atoms with Crippen molar-refractivity contribution in [3.8, 4) is 0 Å². The quantitative estimate of drug-likeness (QED) is 0.888. The van der Waals surface area contributed by atoms with Crippen LogP contribution >= 0.6 is 0 Å². The summed E-state index contributed by atoms with van der Waals surface area (Å²) in [6.07, 6.45) is 2.61. The molecule has 2 rings (SSSR count). The second kappa shape index (κ2) is 6.52. The zero-order chi connectivity index (χ0) is 14.4. The van der Waals surface area contributed by atoms with Crippen LogP contribution in [0.5, 0.6) is 0 Å². The molecule has 0 aliphatic rings. The fraction of sp³-hybridized carbons (Fsp3) is 0.267. The largest absolute Gasteiger partial charge is 0.385 e. The number of hydrogen-bond donors (Lipinski definition) is 1. The molecule has 0 bridgehead atoms. The Kier molecular flexibility index (Phi) is 4.74. The van der Waals surface area contributed by atoms with Gasteiger partial charge in [-0.3, -0.25) is 4.98 Å². The maximum atomic E-state index is 11.7. The van der Waals surface area contributed by atoms with Gasteiger partial charge < -0.3 is 5.32 Å². The van der Waals surface area contributed by atoms with Gasteiger partial charge in [0, 0.05) is 30.5 Å². The van der Waals surface area contributed by atoms with Crippen LogP contribution in [0.15, 0.2) is 53.6 Å². The predicted octanol–water partition coefficient (Wildman–Crippen LogP) is 2.53. The van der Waals surface area contributed by atoms with Gasteiger partial charge in [-0.05, 0) is 36.4 Å². The summed E-state index contributed by atoms with van der Waals surface area (Å²) in [6.45, 7) is 2.41. The van der Waals surface area contributed by atoms with Crippen LogP contribution in [0.4, 0.5) is 5.69 Å². The third-order valence-corrected chi connectivity index (χ3v) is 4.78. The van der Waals surface area contributed by atoms with E-state index >= 15 is 0 Å². The van der Waals surface area contributed by atoms with Crippen molar-refractivity contribution in [2.24, 2.45) is 0 Å². The fourth-order valence-electron chi connectivity index (χ4n) is 1.83. The number of anilines is 1. The van der Waals surface area contributed by atoms with Gasteiger partial charge >= 0.3 is 0 Å². The smallest absolute Gasteiger partial charge is 0.178 e. The Balaban J connectivity index is 1.92. The molecule has 0 saturated heterocycles. The van der Waals surface area contributed by atoms with E-state index in [0.717, 1.165) is 24.3 Å². The molecule has 0 unspecified atom stereocenters. The van der Waals surface area contributed by atoms with Crippen molar-refractivity contribution in [3.63, 3.8) is 0 Å². The minimum Gasteiger partial charge on any atom is -0.385 e.